The number of nitrogens with two attached hydrogens (primary N) is 1. The summed E-state index contributed by atoms with van der Waals surface area (Å²) < 4.78 is 0. The summed E-state index contributed by atoms with van der Waals surface area (Å²) in [7, 11) is 1.88. The smallest absolute Gasteiger partial charge is 0.158 e. The first kappa shape index (κ1) is 14.3. The topological polar surface area (TPSA) is 78.9 Å². The molecule has 2 rings (SSSR count). The summed E-state index contributed by atoms with van der Waals surface area (Å²) in [5.41, 5.74) is 6.90. The Morgan fingerprint density at radius 1 is 1.30 bits per heavy atom. The van der Waals surface area contributed by atoms with E-state index in [0.717, 1.165) is 5.56 Å². The lowest BCUT2D eigenvalue weighted by Crippen LogP contribution is -2.27. The van der Waals surface area contributed by atoms with Gasteiger partial charge in [-0.25, -0.2) is 9.97 Å². The number of amidine groups is 1. The SMILES string of the molecule is CC(c1ccccc1Cl)N(C)c1nccnc1C(=N)N. The fraction of sp³-hybridized carbons (Fsp3) is 0.214. The first-order chi connectivity index (χ1) is 9.52. The van der Waals surface area contributed by atoms with Crippen molar-refractivity contribution in [1.82, 2.24) is 9.97 Å². The van der Waals surface area contributed by atoms with Gasteiger partial charge in [0.25, 0.3) is 0 Å². The Kier molecular flexibility index (Phi) is 4.20. The molecule has 1 aromatic carbocycles. The van der Waals surface area contributed by atoms with Crippen LogP contribution in [0.4, 0.5) is 5.82 Å². The molecule has 0 aliphatic heterocycles. The quantitative estimate of drug-likeness (QED) is 0.670. The van der Waals surface area contributed by atoms with Crippen LogP contribution < -0.4 is 10.6 Å². The molecule has 1 unspecified atom stereocenters. The Balaban J connectivity index is 2.39. The molecule has 0 radical (unpaired) electrons. The van der Waals surface area contributed by atoms with Crippen LogP contribution in [0.3, 0.4) is 0 Å². The molecule has 104 valence electrons. The molecule has 0 saturated carbocycles. The second kappa shape index (κ2) is 5.88. The molecule has 2 aromatic rings. The number of benzene rings is 1. The van der Waals surface area contributed by atoms with Crippen LogP contribution in [0.5, 0.6) is 0 Å². The maximum Gasteiger partial charge on any atom is 0.158 e. The number of nitrogens with one attached hydrogen (secondary N) is 1. The highest BCUT2D eigenvalue weighted by atomic mass is 35.5. The zero-order valence-electron chi connectivity index (χ0n) is 11.3. The van der Waals surface area contributed by atoms with Crippen LogP contribution in [0.2, 0.25) is 5.02 Å². The minimum absolute atomic E-state index is 0.0153. The van der Waals surface area contributed by atoms with Crippen molar-refractivity contribution in [2.24, 2.45) is 5.73 Å². The number of halogens is 1. The molecule has 0 fully saturated rings. The molecule has 1 aromatic heterocycles. The molecule has 0 aliphatic carbocycles. The van der Waals surface area contributed by atoms with Gasteiger partial charge in [0.2, 0.25) is 0 Å². The summed E-state index contributed by atoms with van der Waals surface area (Å²) in [6.45, 7) is 2.01. The zero-order chi connectivity index (χ0) is 14.7. The Labute approximate surface area is 122 Å². The van der Waals surface area contributed by atoms with Crippen molar-refractivity contribution in [2.45, 2.75) is 13.0 Å². The average molecular weight is 290 g/mol. The molecule has 0 spiro atoms. The molecule has 3 N–H and O–H groups in total. The van der Waals surface area contributed by atoms with Gasteiger partial charge in [-0.15, -0.1) is 0 Å². The molecule has 0 amide bonds. The fourth-order valence-electron chi connectivity index (χ4n) is 1.98. The van der Waals surface area contributed by atoms with E-state index in [4.69, 9.17) is 22.7 Å². The molecule has 5 nitrogen and oxygen atoms in total. The van der Waals surface area contributed by atoms with Gasteiger partial charge in [-0.2, -0.15) is 0 Å². The van der Waals surface area contributed by atoms with Crippen molar-refractivity contribution in [3.05, 3.63) is 52.9 Å². The van der Waals surface area contributed by atoms with Crippen molar-refractivity contribution in [1.29, 1.82) is 5.41 Å². The van der Waals surface area contributed by atoms with Gasteiger partial charge in [-0.3, -0.25) is 5.41 Å². The molecule has 1 heterocycles. The largest absolute Gasteiger partial charge is 0.382 e. The van der Waals surface area contributed by atoms with E-state index < -0.39 is 0 Å². The minimum Gasteiger partial charge on any atom is -0.382 e. The van der Waals surface area contributed by atoms with Gasteiger partial charge >= 0.3 is 0 Å². The van der Waals surface area contributed by atoms with Crippen LogP contribution >= 0.6 is 11.6 Å². The van der Waals surface area contributed by atoms with Gasteiger partial charge in [-0.1, -0.05) is 29.8 Å². The fourth-order valence-corrected chi connectivity index (χ4v) is 2.28. The van der Waals surface area contributed by atoms with E-state index in [1.165, 1.54) is 6.20 Å². The monoisotopic (exact) mass is 289 g/mol. The molecule has 0 aliphatic rings. The summed E-state index contributed by atoms with van der Waals surface area (Å²) in [5.74, 6) is 0.457. The molecule has 6 heteroatoms. The second-order valence-electron chi connectivity index (χ2n) is 4.45. The highest BCUT2D eigenvalue weighted by Gasteiger charge is 2.20. The van der Waals surface area contributed by atoms with E-state index in [0.29, 0.717) is 16.5 Å². The Morgan fingerprint density at radius 2 is 1.95 bits per heavy atom. The van der Waals surface area contributed by atoms with Gasteiger partial charge in [0.15, 0.2) is 5.82 Å². The number of hydrogen-bond acceptors (Lipinski definition) is 4. The van der Waals surface area contributed by atoms with Gasteiger partial charge < -0.3 is 10.6 Å². The molecule has 20 heavy (non-hydrogen) atoms. The van der Waals surface area contributed by atoms with Crippen molar-refractivity contribution >= 4 is 23.3 Å². The van der Waals surface area contributed by atoms with E-state index in [-0.39, 0.29) is 11.9 Å². The minimum atomic E-state index is -0.105. The Hall–Kier alpha value is -2.14. The number of aromatic nitrogens is 2. The number of nitrogen functional groups attached to an aromatic ring is 1. The Bertz CT molecular complexity index is 628. The first-order valence-corrected chi connectivity index (χ1v) is 6.52. The number of anilines is 1. The molecule has 1 atom stereocenters. The van der Waals surface area contributed by atoms with Gasteiger partial charge in [0.1, 0.15) is 11.5 Å². The van der Waals surface area contributed by atoms with Gasteiger partial charge in [0, 0.05) is 24.5 Å². The number of nitrogens with zero attached hydrogens (tertiary/aromatic N) is 3. The predicted molar refractivity (Wildman–Crippen MR) is 81.3 cm³/mol. The lowest BCUT2D eigenvalue weighted by atomic mass is 10.1. The summed E-state index contributed by atoms with van der Waals surface area (Å²) in [5, 5.41) is 8.27. The summed E-state index contributed by atoms with van der Waals surface area (Å²) >= 11 is 6.22. The normalized spacial score (nSPS) is 11.9. The van der Waals surface area contributed by atoms with Crippen LogP contribution in [-0.4, -0.2) is 22.9 Å². The zero-order valence-corrected chi connectivity index (χ0v) is 12.1. The van der Waals surface area contributed by atoms with E-state index in [9.17, 15) is 0 Å². The third-order valence-electron chi connectivity index (χ3n) is 3.20. The second-order valence-corrected chi connectivity index (χ2v) is 4.86. The third-order valence-corrected chi connectivity index (χ3v) is 3.55. The summed E-state index contributed by atoms with van der Waals surface area (Å²) in [6, 6.07) is 7.63. The predicted octanol–water partition coefficient (Wildman–Crippen LogP) is 2.61. The lowest BCUT2D eigenvalue weighted by Gasteiger charge is -2.28. The summed E-state index contributed by atoms with van der Waals surface area (Å²) in [6.07, 6.45) is 3.10. The van der Waals surface area contributed by atoms with E-state index in [2.05, 4.69) is 9.97 Å². The highest BCUT2D eigenvalue weighted by Crippen LogP contribution is 2.29. The van der Waals surface area contributed by atoms with E-state index >= 15 is 0 Å². The van der Waals surface area contributed by atoms with E-state index in [1.54, 1.807) is 6.20 Å². The van der Waals surface area contributed by atoms with Crippen molar-refractivity contribution in [2.75, 3.05) is 11.9 Å². The molecule has 0 saturated heterocycles. The maximum absolute atomic E-state index is 7.58. The third kappa shape index (κ3) is 2.72. The van der Waals surface area contributed by atoms with Crippen molar-refractivity contribution < 1.29 is 0 Å². The lowest BCUT2D eigenvalue weighted by molar-refractivity contribution is 0.725. The van der Waals surface area contributed by atoms with Gasteiger partial charge in [0.05, 0.1) is 6.04 Å². The molecular formula is C14H16ClN5. The number of rotatable bonds is 4. The van der Waals surface area contributed by atoms with Crippen LogP contribution in [0, 0.1) is 5.41 Å². The summed E-state index contributed by atoms with van der Waals surface area (Å²) in [4.78, 5) is 10.3. The highest BCUT2D eigenvalue weighted by molar-refractivity contribution is 6.31. The van der Waals surface area contributed by atoms with Crippen LogP contribution in [0.15, 0.2) is 36.7 Å². The maximum atomic E-state index is 7.58. The Morgan fingerprint density at radius 3 is 2.60 bits per heavy atom. The van der Waals surface area contributed by atoms with Gasteiger partial charge in [-0.05, 0) is 18.6 Å². The average Bonchev–Trinajstić information content (AvgIpc) is 2.46. The standard InChI is InChI=1S/C14H16ClN5/c1-9(10-5-3-4-6-11(10)15)20(2)14-12(13(16)17)18-7-8-19-14/h3-9H,1-2H3,(H3,16,17). The van der Waals surface area contributed by atoms with Crippen LogP contribution in [0.25, 0.3) is 0 Å². The molecular weight excluding hydrogens is 274 g/mol. The van der Waals surface area contributed by atoms with Crippen LogP contribution in [-0.2, 0) is 0 Å². The van der Waals surface area contributed by atoms with Crippen molar-refractivity contribution in [3.8, 4) is 0 Å². The molecule has 0 bridgehead atoms. The first-order valence-electron chi connectivity index (χ1n) is 6.15. The van der Waals surface area contributed by atoms with Crippen molar-refractivity contribution in [3.63, 3.8) is 0 Å². The number of hydrogen-bond donors (Lipinski definition) is 2. The van der Waals surface area contributed by atoms with E-state index in [1.807, 2.05) is 43.1 Å². The van der Waals surface area contributed by atoms with Crippen LogP contribution in [0.1, 0.15) is 24.2 Å².